The molecule has 0 atom stereocenters. The lowest BCUT2D eigenvalue weighted by atomic mass is 10.1. The Bertz CT molecular complexity index is 1430. The Labute approximate surface area is 218 Å². The summed E-state index contributed by atoms with van der Waals surface area (Å²) in [5.41, 5.74) is 5.39. The van der Waals surface area contributed by atoms with Gasteiger partial charge in [-0.1, -0.05) is 42.8 Å². The van der Waals surface area contributed by atoms with Gasteiger partial charge in [-0.05, 0) is 55.7 Å². The number of carbonyl (C=O) groups is 1. The van der Waals surface area contributed by atoms with Gasteiger partial charge in [0.05, 0.1) is 12.1 Å². The molecule has 0 aliphatic carbocycles. The Balaban J connectivity index is 1.54. The molecule has 1 saturated heterocycles. The van der Waals surface area contributed by atoms with Crippen LogP contribution in [0.4, 0.5) is 13.2 Å². The molecule has 3 aromatic carbocycles. The van der Waals surface area contributed by atoms with Crippen molar-refractivity contribution in [1.29, 1.82) is 0 Å². The van der Waals surface area contributed by atoms with Crippen molar-refractivity contribution in [2.75, 3.05) is 13.1 Å². The van der Waals surface area contributed by atoms with Gasteiger partial charge in [-0.25, -0.2) is 5.01 Å². The second-order valence-electron chi connectivity index (χ2n) is 9.36. The average molecular weight is 524 g/mol. The number of hydrogen-bond acceptors (Lipinski definition) is 4. The number of halogens is 3. The Morgan fingerprint density at radius 2 is 1.66 bits per heavy atom. The number of aryl methyl sites for hydroxylation is 1. The van der Waals surface area contributed by atoms with Crippen molar-refractivity contribution < 1.29 is 27.4 Å². The number of amides is 1. The van der Waals surface area contributed by atoms with Gasteiger partial charge in [0.25, 0.3) is 5.91 Å². The minimum Gasteiger partial charge on any atom is -0.441 e. The van der Waals surface area contributed by atoms with Crippen LogP contribution in [-0.2, 0) is 6.54 Å². The predicted octanol–water partition coefficient (Wildman–Crippen LogP) is 6.82. The van der Waals surface area contributed by atoms with E-state index in [1.165, 1.54) is 12.1 Å². The van der Waals surface area contributed by atoms with E-state index in [-0.39, 0.29) is 18.2 Å². The van der Waals surface area contributed by atoms with E-state index in [4.69, 9.17) is 4.74 Å². The molecule has 1 fully saturated rings. The maximum atomic E-state index is 13.1. The number of aromatic nitrogens is 1. The summed E-state index contributed by atoms with van der Waals surface area (Å²) in [7, 11) is 0. The molecule has 1 amide bonds. The van der Waals surface area contributed by atoms with Gasteiger partial charge in [0.1, 0.15) is 11.5 Å². The molecule has 5 rings (SSSR count). The lowest BCUT2D eigenvalue weighted by Gasteiger charge is -2.26. The van der Waals surface area contributed by atoms with Crippen LogP contribution in [0.5, 0.6) is 17.4 Å². The molecular formula is C29H28F3N3O3. The summed E-state index contributed by atoms with van der Waals surface area (Å²) in [4.78, 5) is 13.0. The van der Waals surface area contributed by atoms with Gasteiger partial charge in [0.15, 0.2) is 0 Å². The molecule has 198 valence electrons. The number of nitrogens with zero attached hydrogens (tertiary/aromatic N) is 2. The molecule has 0 spiro atoms. The zero-order valence-corrected chi connectivity index (χ0v) is 20.9. The first-order valence-corrected chi connectivity index (χ1v) is 12.5. The monoisotopic (exact) mass is 523 g/mol. The number of piperidine rings is 1. The Morgan fingerprint density at radius 1 is 0.947 bits per heavy atom. The Kier molecular flexibility index (Phi) is 7.28. The fourth-order valence-electron chi connectivity index (χ4n) is 4.83. The maximum Gasteiger partial charge on any atom is 0.573 e. The number of hydrogen-bond donors (Lipinski definition) is 1. The van der Waals surface area contributed by atoms with Crippen LogP contribution in [0.15, 0.2) is 72.8 Å². The van der Waals surface area contributed by atoms with Crippen molar-refractivity contribution in [1.82, 2.24) is 15.0 Å². The van der Waals surface area contributed by atoms with Crippen LogP contribution < -0.4 is 14.9 Å². The van der Waals surface area contributed by atoms with Crippen molar-refractivity contribution in [3.05, 3.63) is 89.5 Å². The number of hydrazine groups is 1. The van der Waals surface area contributed by atoms with Crippen LogP contribution in [0.25, 0.3) is 10.9 Å². The number of carbonyl (C=O) groups excluding carboxylic acids is 1. The van der Waals surface area contributed by atoms with Crippen LogP contribution in [0, 0.1) is 6.92 Å². The van der Waals surface area contributed by atoms with Gasteiger partial charge in [-0.3, -0.25) is 10.2 Å². The third-order valence-corrected chi connectivity index (χ3v) is 6.52. The molecule has 1 aromatic heterocycles. The molecule has 0 bridgehead atoms. The van der Waals surface area contributed by atoms with E-state index in [2.05, 4.69) is 10.2 Å². The second-order valence-corrected chi connectivity index (χ2v) is 9.36. The minimum atomic E-state index is -4.81. The van der Waals surface area contributed by atoms with Crippen LogP contribution in [0.3, 0.4) is 0 Å². The lowest BCUT2D eigenvalue weighted by Crippen LogP contribution is -2.45. The molecule has 1 aliphatic rings. The molecule has 1 aliphatic heterocycles. The summed E-state index contributed by atoms with van der Waals surface area (Å²) in [6, 6.07) is 20.6. The first-order chi connectivity index (χ1) is 18.3. The molecule has 6 nitrogen and oxygen atoms in total. The van der Waals surface area contributed by atoms with Crippen molar-refractivity contribution in [2.24, 2.45) is 0 Å². The summed E-state index contributed by atoms with van der Waals surface area (Å²) in [5, 5.41) is 2.69. The topological polar surface area (TPSA) is 55.7 Å². The molecule has 38 heavy (non-hydrogen) atoms. The maximum absolute atomic E-state index is 13.1. The highest BCUT2D eigenvalue weighted by molar-refractivity contribution is 5.99. The van der Waals surface area contributed by atoms with Crippen LogP contribution >= 0.6 is 0 Å². The first-order valence-electron chi connectivity index (χ1n) is 12.5. The number of para-hydroxylation sites is 2. The summed E-state index contributed by atoms with van der Waals surface area (Å²) in [5.74, 6) is 0.545. The highest BCUT2D eigenvalue weighted by Crippen LogP contribution is 2.35. The van der Waals surface area contributed by atoms with Crippen LogP contribution in [-0.4, -0.2) is 34.9 Å². The number of benzene rings is 3. The molecule has 0 saturated carbocycles. The largest absolute Gasteiger partial charge is 0.573 e. The quantitative estimate of drug-likeness (QED) is 0.289. The zero-order valence-electron chi connectivity index (χ0n) is 20.9. The van der Waals surface area contributed by atoms with Crippen LogP contribution in [0.1, 0.15) is 40.7 Å². The van der Waals surface area contributed by atoms with E-state index in [1.807, 2.05) is 34.7 Å². The number of fused-ring (bicyclic) bond motifs is 1. The molecule has 0 radical (unpaired) electrons. The van der Waals surface area contributed by atoms with Gasteiger partial charge >= 0.3 is 6.36 Å². The average Bonchev–Trinajstić information content (AvgIpc) is 3.22. The number of ether oxygens (including phenoxy) is 2. The zero-order chi connectivity index (χ0) is 26.7. The van der Waals surface area contributed by atoms with Crippen molar-refractivity contribution in [3.63, 3.8) is 0 Å². The lowest BCUT2D eigenvalue weighted by molar-refractivity contribution is -0.274. The van der Waals surface area contributed by atoms with Gasteiger partial charge in [0.2, 0.25) is 5.88 Å². The summed E-state index contributed by atoms with van der Waals surface area (Å²) in [6.45, 7) is 3.58. The second kappa shape index (κ2) is 10.8. The normalized spacial score (nSPS) is 14.4. The fraction of sp³-hybridized carbons (Fsp3) is 0.276. The Hall–Kier alpha value is -3.98. The van der Waals surface area contributed by atoms with E-state index in [0.717, 1.165) is 48.8 Å². The van der Waals surface area contributed by atoms with E-state index in [9.17, 15) is 18.0 Å². The minimum absolute atomic E-state index is 0.0675. The third-order valence-electron chi connectivity index (χ3n) is 6.52. The molecule has 4 aromatic rings. The van der Waals surface area contributed by atoms with E-state index >= 15 is 0 Å². The summed E-state index contributed by atoms with van der Waals surface area (Å²) < 4.78 is 51.5. The van der Waals surface area contributed by atoms with E-state index in [1.54, 1.807) is 42.5 Å². The molecule has 1 N–H and O–H groups in total. The summed E-state index contributed by atoms with van der Waals surface area (Å²) in [6.07, 6.45) is -1.57. The van der Waals surface area contributed by atoms with E-state index in [0.29, 0.717) is 22.8 Å². The van der Waals surface area contributed by atoms with Crippen molar-refractivity contribution in [2.45, 2.75) is 39.1 Å². The van der Waals surface area contributed by atoms with E-state index < -0.39 is 6.36 Å². The van der Waals surface area contributed by atoms with Gasteiger partial charge in [0, 0.05) is 35.7 Å². The molecular weight excluding hydrogens is 495 g/mol. The summed E-state index contributed by atoms with van der Waals surface area (Å²) >= 11 is 0. The highest BCUT2D eigenvalue weighted by Gasteiger charge is 2.32. The molecule has 9 heteroatoms. The number of alkyl halides is 3. The third kappa shape index (κ3) is 5.94. The SMILES string of the molecule is Cc1cc(C(=O)NN2CCCCC2)cc2cc(Oc3ccccc3)n(Cc3ccccc3OC(F)(F)F)c12. The van der Waals surface area contributed by atoms with Gasteiger partial charge in [-0.15, -0.1) is 13.2 Å². The number of nitrogens with one attached hydrogen (secondary N) is 1. The van der Waals surface area contributed by atoms with Crippen molar-refractivity contribution in [3.8, 4) is 17.4 Å². The van der Waals surface area contributed by atoms with Gasteiger partial charge in [-0.2, -0.15) is 0 Å². The van der Waals surface area contributed by atoms with Crippen LogP contribution in [0.2, 0.25) is 0 Å². The Morgan fingerprint density at radius 3 is 2.39 bits per heavy atom. The smallest absolute Gasteiger partial charge is 0.441 e. The number of rotatable bonds is 7. The molecule has 2 heterocycles. The predicted molar refractivity (Wildman–Crippen MR) is 138 cm³/mol. The highest BCUT2D eigenvalue weighted by atomic mass is 19.4. The fourth-order valence-corrected chi connectivity index (χ4v) is 4.83. The van der Waals surface area contributed by atoms with Crippen molar-refractivity contribution >= 4 is 16.8 Å². The first kappa shape index (κ1) is 25.7. The standard InChI is InChI=1S/C29H28F3N3O3/c1-20-16-23(28(36)33-34-14-8-3-9-15-34)17-22-18-26(37-24-11-4-2-5-12-24)35(27(20)22)19-21-10-6-7-13-25(21)38-29(30,31)32/h2,4-7,10-13,16-18H,3,8-9,14-15,19H2,1H3,(H,33,36). The molecule has 0 unspecified atom stereocenters. The van der Waals surface area contributed by atoms with Gasteiger partial charge < -0.3 is 14.0 Å².